The van der Waals surface area contributed by atoms with Crippen LogP contribution in [0.1, 0.15) is 28.6 Å². The van der Waals surface area contributed by atoms with Crippen molar-refractivity contribution in [2.45, 2.75) is 19.8 Å². The maximum atomic E-state index is 12.5. The summed E-state index contributed by atoms with van der Waals surface area (Å²) in [5.74, 6) is -0.586. The average molecular weight is 420 g/mol. The zero-order valence-electron chi connectivity index (χ0n) is 16.5. The van der Waals surface area contributed by atoms with Crippen molar-refractivity contribution in [2.75, 3.05) is 11.9 Å². The Morgan fingerprint density at radius 1 is 1.10 bits per heavy atom. The molecule has 30 heavy (non-hydrogen) atoms. The first-order valence-corrected chi connectivity index (χ1v) is 10.6. The minimum Gasteiger partial charge on any atom is -0.462 e. The molecule has 2 heterocycles. The van der Waals surface area contributed by atoms with E-state index in [-0.39, 0.29) is 12.5 Å². The van der Waals surface area contributed by atoms with E-state index < -0.39 is 5.97 Å². The second-order valence-electron chi connectivity index (χ2n) is 6.69. The number of ether oxygens (including phenoxy) is 1. The van der Waals surface area contributed by atoms with Crippen molar-refractivity contribution in [2.24, 2.45) is 0 Å². The molecule has 0 unspecified atom stereocenters. The van der Waals surface area contributed by atoms with Gasteiger partial charge in [-0.2, -0.15) is 0 Å². The molecule has 4 aromatic rings. The Morgan fingerprint density at radius 3 is 2.67 bits per heavy atom. The predicted molar refractivity (Wildman–Crippen MR) is 119 cm³/mol. The molecule has 0 saturated carbocycles. The molecule has 2 N–H and O–H groups in total. The van der Waals surface area contributed by atoms with Gasteiger partial charge in [-0.1, -0.05) is 59.9 Å². The number of hydrogen-bond acceptors (Lipinski definition) is 5. The molecule has 0 fully saturated rings. The Kier molecular flexibility index (Phi) is 5.90. The summed E-state index contributed by atoms with van der Waals surface area (Å²) < 4.78 is 5.16. The van der Waals surface area contributed by atoms with E-state index in [2.05, 4.69) is 15.3 Å². The molecule has 0 aliphatic heterocycles. The number of para-hydroxylation sites is 1. The Bertz CT molecular complexity index is 1180. The highest BCUT2D eigenvalue weighted by Crippen LogP contribution is 2.32. The molecular formula is C23H21N3O3S. The Balaban J connectivity index is 1.49. The predicted octanol–water partition coefficient (Wildman–Crippen LogP) is 5.04. The fraction of sp³-hybridized carbons (Fsp3) is 0.174. The third-order valence-electron chi connectivity index (χ3n) is 4.68. The van der Waals surface area contributed by atoms with Crippen LogP contribution in [0.4, 0.5) is 5.13 Å². The number of carbonyl (C=O) groups is 2. The number of fused-ring (bicyclic) bond motifs is 1. The van der Waals surface area contributed by atoms with E-state index >= 15 is 0 Å². The number of benzene rings is 2. The molecule has 7 heteroatoms. The lowest BCUT2D eigenvalue weighted by Crippen LogP contribution is -2.12. The van der Waals surface area contributed by atoms with Gasteiger partial charge in [0.05, 0.1) is 12.3 Å². The molecule has 0 spiro atoms. The number of aryl methyl sites for hydroxylation is 1. The van der Waals surface area contributed by atoms with Crippen molar-refractivity contribution in [1.82, 2.24) is 9.97 Å². The van der Waals surface area contributed by atoms with Gasteiger partial charge in [-0.05, 0) is 25.0 Å². The number of thiazole rings is 1. The van der Waals surface area contributed by atoms with Crippen molar-refractivity contribution < 1.29 is 14.3 Å². The molecule has 2 aromatic heterocycles. The van der Waals surface area contributed by atoms with Gasteiger partial charge < -0.3 is 15.0 Å². The van der Waals surface area contributed by atoms with Crippen LogP contribution in [-0.2, 0) is 16.0 Å². The summed E-state index contributed by atoms with van der Waals surface area (Å²) in [6.45, 7) is 2.03. The van der Waals surface area contributed by atoms with Gasteiger partial charge in [-0.15, -0.1) is 0 Å². The van der Waals surface area contributed by atoms with Crippen LogP contribution >= 0.6 is 11.3 Å². The smallest absolute Gasteiger partial charge is 0.350 e. The summed E-state index contributed by atoms with van der Waals surface area (Å²) in [5, 5.41) is 4.34. The lowest BCUT2D eigenvalue weighted by atomic mass is 10.1. The number of H-pyrrole nitrogens is 1. The summed E-state index contributed by atoms with van der Waals surface area (Å²) in [6.07, 6.45) is 2.86. The normalized spacial score (nSPS) is 10.8. The Hall–Kier alpha value is -3.45. The van der Waals surface area contributed by atoms with E-state index in [4.69, 9.17) is 4.74 Å². The fourth-order valence-electron chi connectivity index (χ4n) is 3.27. The van der Waals surface area contributed by atoms with Gasteiger partial charge in [0, 0.05) is 29.1 Å². The monoisotopic (exact) mass is 419 g/mol. The van der Waals surface area contributed by atoms with Crippen LogP contribution in [0, 0.1) is 0 Å². The quantitative estimate of drug-likeness (QED) is 0.411. The molecule has 0 radical (unpaired) electrons. The summed E-state index contributed by atoms with van der Waals surface area (Å²) in [7, 11) is 0. The Morgan fingerprint density at radius 2 is 1.87 bits per heavy atom. The van der Waals surface area contributed by atoms with Crippen LogP contribution in [0.5, 0.6) is 0 Å². The number of anilines is 1. The number of hydrogen-bond donors (Lipinski definition) is 2. The summed E-state index contributed by atoms with van der Waals surface area (Å²) in [6, 6.07) is 17.4. The molecule has 1 amide bonds. The highest BCUT2D eigenvalue weighted by Gasteiger charge is 2.21. The maximum Gasteiger partial charge on any atom is 0.350 e. The van der Waals surface area contributed by atoms with Crippen LogP contribution in [0.15, 0.2) is 60.8 Å². The highest BCUT2D eigenvalue weighted by molar-refractivity contribution is 7.18. The number of aromatic amines is 1. The van der Waals surface area contributed by atoms with Gasteiger partial charge in [0.2, 0.25) is 5.91 Å². The van der Waals surface area contributed by atoms with Gasteiger partial charge in [0.15, 0.2) is 5.13 Å². The van der Waals surface area contributed by atoms with E-state index in [9.17, 15) is 9.59 Å². The topological polar surface area (TPSA) is 84.1 Å². The molecule has 4 rings (SSSR count). The molecule has 0 bridgehead atoms. The third-order valence-corrected chi connectivity index (χ3v) is 5.63. The summed E-state index contributed by atoms with van der Waals surface area (Å²) >= 11 is 1.13. The maximum absolute atomic E-state index is 12.5. The number of rotatable bonds is 7. The van der Waals surface area contributed by atoms with E-state index in [1.807, 2.05) is 60.8 Å². The number of esters is 1. The molecule has 0 atom stereocenters. The van der Waals surface area contributed by atoms with Gasteiger partial charge in [0.25, 0.3) is 0 Å². The average Bonchev–Trinajstić information content (AvgIpc) is 3.37. The van der Waals surface area contributed by atoms with Crippen LogP contribution in [0.25, 0.3) is 22.2 Å². The van der Waals surface area contributed by atoms with Crippen LogP contribution in [0.3, 0.4) is 0 Å². The van der Waals surface area contributed by atoms with Crippen molar-refractivity contribution in [1.29, 1.82) is 0 Å². The first kappa shape index (κ1) is 19.8. The zero-order chi connectivity index (χ0) is 20.9. The number of nitrogens with one attached hydrogen (secondary N) is 2. The highest BCUT2D eigenvalue weighted by atomic mass is 32.1. The molecule has 152 valence electrons. The second kappa shape index (κ2) is 8.92. The number of carbonyl (C=O) groups excluding carboxylic acids is 2. The number of aromatic nitrogens is 2. The van der Waals surface area contributed by atoms with Gasteiger partial charge in [-0.25, -0.2) is 9.78 Å². The van der Waals surface area contributed by atoms with E-state index in [1.54, 1.807) is 6.92 Å². The molecule has 0 saturated heterocycles. The largest absolute Gasteiger partial charge is 0.462 e. The molecule has 0 aliphatic carbocycles. The molecular weight excluding hydrogens is 398 g/mol. The second-order valence-corrected chi connectivity index (χ2v) is 7.69. The SMILES string of the molecule is CCOC(=O)c1sc(NC(=O)CCc2c[nH]c3ccccc23)nc1-c1ccccc1. The zero-order valence-corrected chi connectivity index (χ0v) is 17.3. The van der Waals surface area contributed by atoms with E-state index in [0.717, 1.165) is 33.4 Å². The van der Waals surface area contributed by atoms with Crippen LogP contribution < -0.4 is 5.32 Å². The van der Waals surface area contributed by atoms with Crippen LogP contribution in [0.2, 0.25) is 0 Å². The van der Waals surface area contributed by atoms with Gasteiger partial charge >= 0.3 is 5.97 Å². The standard InChI is InChI=1S/C23H21N3O3S/c1-2-29-22(28)21-20(15-8-4-3-5-9-15)26-23(30-21)25-19(27)13-12-16-14-24-18-11-7-6-10-17(16)18/h3-11,14,24H,2,12-13H2,1H3,(H,25,26,27). The minimum atomic E-state index is -0.437. The van der Waals surface area contributed by atoms with Crippen molar-refractivity contribution in [3.8, 4) is 11.3 Å². The van der Waals surface area contributed by atoms with E-state index in [1.165, 1.54) is 0 Å². The minimum absolute atomic E-state index is 0.149. The summed E-state index contributed by atoms with van der Waals surface area (Å²) in [4.78, 5) is 33.0. The summed E-state index contributed by atoms with van der Waals surface area (Å²) in [5.41, 5.74) is 3.47. The Labute approximate surface area is 177 Å². The molecule has 2 aromatic carbocycles. The first-order valence-electron chi connectivity index (χ1n) is 9.74. The molecule has 0 aliphatic rings. The first-order chi connectivity index (χ1) is 14.7. The van der Waals surface area contributed by atoms with Crippen molar-refractivity contribution >= 4 is 39.2 Å². The lowest BCUT2D eigenvalue weighted by Gasteiger charge is -2.02. The van der Waals surface area contributed by atoms with Crippen LogP contribution in [-0.4, -0.2) is 28.5 Å². The van der Waals surface area contributed by atoms with Crippen molar-refractivity contribution in [3.05, 3.63) is 71.2 Å². The van der Waals surface area contributed by atoms with Gasteiger partial charge in [-0.3, -0.25) is 4.79 Å². The molecule has 6 nitrogen and oxygen atoms in total. The number of nitrogens with zero attached hydrogens (tertiary/aromatic N) is 1. The third kappa shape index (κ3) is 4.26. The van der Waals surface area contributed by atoms with E-state index in [0.29, 0.717) is 28.5 Å². The lowest BCUT2D eigenvalue weighted by molar-refractivity contribution is -0.116. The fourth-order valence-corrected chi connectivity index (χ4v) is 4.17. The number of amides is 1. The van der Waals surface area contributed by atoms with Crippen molar-refractivity contribution in [3.63, 3.8) is 0 Å². The van der Waals surface area contributed by atoms with Gasteiger partial charge in [0.1, 0.15) is 4.88 Å².